The fourth-order valence-corrected chi connectivity index (χ4v) is 17.1. The summed E-state index contributed by atoms with van der Waals surface area (Å²) in [7, 11) is 2.84. The van der Waals surface area contributed by atoms with Gasteiger partial charge in [-0.25, -0.2) is 4.79 Å². The summed E-state index contributed by atoms with van der Waals surface area (Å²) in [6, 6.07) is 84.1. The van der Waals surface area contributed by atoms with E-state index in [4.69, 9.17) is 40.7 Å². The molecule has 0 atom stereocenters. The number of carbonyl (C=O) groups excluding carboxylic acids is 2. The van der Waals surface area contributed by atoms with Crippen LogP contribution < -0.4 is 46.8 Å². The van der Waals surface area contributed by atoms with Crippen molar-refractivity contribution >= 4 is 142 Å². The summed E-state index contributed by atoms with van der Waals surface area (Å²) in [5.74, 6) is -0.882. The van der Waals surface area contributed by atoms with Crippen LogP contribution in [0.15, 0.2) is 421 Å². The summed E-state index contributed by atoms with van der Waals surface area (Å²) >= 11 is 0. The van der Waals surface area contributed by atoms with Crippen LogP contribution in [0.4, 0.5) is 26.3 Å². The molecule has 24 aromatic rings. The first kappa shape index (κ1) is 95.2. The zero-order valence-electron chi connectivity index (χ0n) is 76.4. The third-order valence-corrected chi connectivity index (χ3v) is 23.7. The Kier molecular flexibility index (Phi) is 26.5. The highest BCUT2D eigenvalue weighted by Gasteiger charge is 2.37. The van der Waals surface area contributed by atoms with Crippen molar-refractivity contribution in [1.82, 2.24) is 29.9 Å². The number of pyridine rings is 6. The van der Waals surface area contributed by atoms with E-state index in [1.54, 1.807) is 123 Å². The van der Waals surface area contributed by atoms with Crippen LogP contribution in [0.3, 0.4) is 0 Å². The van der Waals surface area contributed by atoms with Crippen molar-refractivity contribution in [1.29, 1.82) is 0 Å². The Morgan fingerprint density at radius 1 is 0.288 bits per heavy atom. The van der Waals surface area contributed by atoms with Crippen molar-refractivity contribution in [2.75, 3.05) is 14.2 Å². The van der Waals surface area contributed by atoms with Crippen LogP contribution in [0.1, 0.15) is 22.8 Å². The molecule has 0 amide bonds. The van der Waals surface area contributed by atoms with Gasteiger partial charge in [0.2, 0.25) is 32.6 Å². The Bertz CT molecular complexity index is 9710. The fraction of sp³-hybridized carbons (Fsp3) is 0.0435. The second-order valence-corrected chi connectivity index (χ2v) is 32.4. The molecule has 12 aromatic heterocycles. The number of alkyl halides is 6. The lowest BCUT2D eigenvalue weighted by atomic mass is 10.0. The number of methoxy groups -OCH3 is 2. The standard InChI is InChI=1S/2C20H13NO4.C19H10F3NO3.C19H10F3NO2.C19H13NO3.C18H11NO3/c1-24-20(23)14-7-4-10-21-18(14)15-11-25-16-9-8-12-5-2-3-6-13(12)17(16)19(15)22;1-12(22)25-17-7-4-10-21-19(17)15-11-24-16-9-8-13-5-2-3-6-14(13)18(16)20(15)23;20-19(21,22)26-15-6-3-9-23-17(15)13-10-25-14-8-7-11-4-1-2-5-12(11)16(14)18(13)24;20-19(21,22)14-6-3-9-23-17(14)13-10-25-15-8-7-11-4-1-2-5-12(11)16(15)18(13)24;1-22-16-7-4-10-20-18(16)14-11-23-15-9-8-12-5-2-3-6-13(12)17(15)19(14)21;20-14-6-3-9-19-17(14)13-10-22-15-8-7-11-4-1-2-5-12(11)16(15)18(13)21/h2*2-11H,1H3;1-10H;1-10H;2-11H,1H3;1-10,20H. The quantitative estimate of drug-likeness (QED) is 0.0755. The lowest BCUT2D eigenvalue weighted by molar-refractivity contribution is -0.274. The van der Waals surface area contributed by atoms with Crippen molar-refractivity contribution in [3.8, 4) is 90.5 Å². The molecule has 12 heterocycles. The molecule has 0 fully saturated rings. The molecule has 0 spiro atoms. The molecular weight excluding hydrogens is 1880 g/mol. The second kappa shape index (κ2) is 40.6. The van der Waals surface area contributed by atoms with Crippen LogP contribution in [0, 0.1) is 0 Å². The molecule has 0 aliphatic heterocycles. The lowest BCUT2D eigenvalue weighted by Gasteiger charge is -2.12. The number of hydrogen-bond acceptors (Lipinski definition) is 25. The van der Waals surface area contributed by atoms with Crippen LogP contribution >= 0.6 is 0 Å². The van der Waals surface area contributed by atoms with Crippen molar-refractivity contribution in [2.24, 2.45) is 0 Å². The number of nitrogens with zero attached hydrogens (tertiary/aromatic N) is 6. The van der Waals surface area contributed by atoms with E-state index in [-0.39, 0.29) is 100 Å². The first-order chi connectivity index (χ1) is 70.8. The van der Waals surface area contributed by atoms with Crippen LogP contribution in [-0.4, -0.2) is 67.5 Å². The molecule has 0 saturated heterocycles. The van der Waals surface area contributed by atoms with Gasteiger partial charge in [-0.05, 0) is 174 Å². The van der Waals surface area contributed by atoms with Gasteiger partial charge in [-0.15, -0.1) is 13.2 Å². The highest BCUT2D eigenvalue weighted by molar-refractivity contribution is 6.12. The first-order valence-corrected chi connectivity index (χ1v) is 44.5. The molecule has 0 aliphatic carbocycles. The first-order valence-electron chi connectivity index (χ1n) is 44.5. The predicted octanol–water partition coefficient (Wildman–Crippen LogP) is 25.4. The molecular formula is C115H70F6N6O19. The van der Waals surface area contributed by atoms with Gasteiger partial charge in [0.15, 0.2) is 11.5 Å². The molecule has 146 heavy (non-hydrogen) atoms. The van der Waals surface area contributed by atoms with Crippen molar-refractivity contribution in [2.45, 2.75) is 19.5 Å². The van der Waals surface area contributed by atoms with E-state index >= 15 is 0 Å². The molecule has 31 heteroatoms. The largest absolute Gasteiger partial charge is 0.573 e. The minimum Gasteiger partial charge on any atom is -0.506 e. The highest BCUT2D eigenvalue weighted by atomic mass is 19.4. The average molecular weight is 1950 g/mol. The van der Waals surface area contributed by atoms with Crippen molar-refractivity contribution in [3.63, 3.8) is 0 Å². The van der Waals surface area contributed by atoms with Gasteiger partial charge in [0, 0.05) is 44.1 Å². The van der Waals surface area contributed by atoms with Gasteiger partial charge in [-0.3, -0.25) is 63.5 Å². The van der Waals surface area contributed by atoms with E-state index in [2.05, 4.69) is 34.6 Å². The fourth-order valence-electron chi connectivity index (χ4n) is 17.1. The number of ether oxygens (including phenoxy) is 4. The summed E-state index contributed by atoms with van der Waals surface area (Å²) < 4.78 is 131. The summed E-state index contributed by atoms with van der Waals surface area (Å²) in [4.78, 5) is 126. The maximum absolute atomic E-state index is 13.3. The summed E-state index contributed by atoms with van der Waals surface area (Å²) in [5, 5.41) is 22.5. The lowest BCUT2D eigenvalue weighted by Crippen LogP contribution is -2.18. The van der Waals surface area contributed by atoms with Gasteiger partial charge in [-0.1, -0.05) is 182 Å². The monoisotopic (exact) mass is 1950 g/mol. The normalized spacial score (nSPS) is 11.3. The number of halogens is 6. The van der Waals surface area contributed by atoms with Gasteiger partial charge >= 0.3 is 24.5 Å². The molecule has 0 saturated carbocycles. The summed E-state index contributed by atoms with van der Waals surface area (Å²) in [6.07, 6.45) is 6.83. The number of carbonyl (C=O) groups is 2. The number of benzene rings is 12. The van der Waals surface area contributed by atoms with Gasteiger partial charge in [0.25, 0.3) is 0 Å². The number of aromatic hydroxyl groups is 1. The second-order valence-electron chi connectivity index (χ2n) is 32.4. The van der Waals surface area contributed by atoms with E-state index in [0.29, 0.717) is 82.8 Å². The van der Waals surface area contributed by atoms with Crippen molar-refractivity contribution in [3.05, 3.63) is 438 Å². The zero-order valence-corrected chi connectivity index (χ0v) is 76.4. The Hall–Kier alpha value is -19.7. The van der Waals surface area contributed by atoms with Gasteiger partial charge in [-0.2, -0.15) is 13.2 Å². The van der Waals surface area contributed by atoms with E-state index in [1.165, 1.54) is 88.3 Å². The number of rotatable bonds is 10. The molecule has 1 N–H and O–H groups in total. The SMILES string of the molecule is CC(=O)Oc1cccnc1-c1coc2ccc3ccccc3c2c1=O.COC(=O)c1cccnc1-c1coc2ccc3ccccc3c2c1=O.COc1cccnc1-c1coc2ccc3ccccc3c2c1=O.O=c1c(-c2ncccc2C(F)(F)F)coc2ccc3ccccc3c12.O=c1c(-c2ncccc2O)coc2ccc3ccccc3c12.O=c1c(-c2ncccc2OC(F)(F)F)coc2ccc3ccccc3c12. The maximum atomic E-state index is 13.3. The molecule has 12 aromatic carbocycles. The van der Waals surface area contributed by atoms with Gasteiger partial charge in [0.1, 0.15) is 105 Å². The Morgan fingerprint density at radius 3 is 0.863 bits per heavy atom. The molecule has 716 valence electrons. The van der Waals surface area contributed by atoms with E-state index in [1.807, 2.05) is 152 Å². The summed E-state index contributed by atoms with van der Waals surface area (Å²) in [6.45, 7) is 1.30. The minimum atomic E-state index is -4.90. The zero-order chi connectivity index (χ0) is 102. The topological polar surface area (TPSA) is 350 Å². The third kappa shape index (κ3) is 19.0. The molecule has 25 nitrogen and oxygen atoms in total. The molecule has 0 aliphatic rings. The molecule has 24 rings (SSSR count). The van der Waals surface area contributed by atoms with Crippen molar-refractivity contribution < 1.29 is 86.5 Å². The molecule has 0 unspecified atom stereocenters. The number of fused-ring (bicyclic) bond motifs is 18. The predicted molar refractivity (Wildman–Crippen MR) is 542 cm³/mol. The van der Waals surface area contributed by atoms with Crippen LogP contribution in [0.25, 0.3) is 198 Å². The van der Waals surface area contributed by atoms with Crippen LogP contribution in [0.5, 0.6) is 23.0 Å². The Balaban J connectivity index is 0.000000111. The number of esters is 2. The highest BCUT2D eigenvalue weighted by Crippen LogP contribution is 2.40. The number of aromatic nitrogens is 6. The van der Waals surface area contributed by atoms with Crippen LogP contribution in [0.2, 0.25) is 0 Å². The van der Waals surface area contributed by atoms with E-state index in [0.717, 1.165) is 78.5 Å². The van der Waals surface area contributed by atoms with E-state index < -0.39 is 52.3 Å². The van der Waals surface area contributed by atoms with Gasteiger partial charge < -0.3 is 50.6 Å². The third-order valence-electron chi connectivity index (χ3n) is 23.7. The average Bonchev–Trinajstić information content (AvgIpc) is 0.779. The molecule has 0 radical (unpaired) electrons. The molecule has 0 bridgehead atoms. The smallest absolute Gasteiger partial charge is 0.506 e. The van der Waals surface area contributed by atoms with Gasteiger partial charge in [0.05, 0.1) is 102 Å². The van der Waals surface area contributed by atoms with E-state index in [9.17, 15) is 69.8 Å². The summed E-state index contributed by atoms with van der Waals surface area (Å²) in [5.41, 5.74) is 1.58. The Labute approximate surface area is 817 Å². The minimum absolute atomic E-state index is 0.0469. The Morgan fingerprint density at radius 2 is 0.548 bits per heavy atom. The maximum Gasteiger partial charge on any atom is 0.573 e. The van der Waals surface area contributed by atoms with Crippen LogP contribution in [-0.2, 0) is 15.7 Å². The number of hydrogen-bond donors (Lipinski definition) is 1.